The number of allylic oxidation sites excluding steroid dienone is 1. The quantitative estimate of drug-likeness (QED) is 0.136. The molecule has 0 bridgehead atoms. The first-order valence-corrected chi connectivity index (χ1v) is 12.3. The van der Waals surface area contributed by atoms with Gasteiger partial charge in [0.15, 0.2) is 0 Å². The lowest BCUT2D eigenvalue weighted by Gasteiger charge is -2.05. The SMILES string of the molecule is CCCCCCNC(=O)CCCCCCC/C=C\C[C@@H]1O[C@@H]1CCCCCC. The molecule has 1 fully saturated rings. The fourth-order valence-corrected chi connectivity index (χ4v) is 3.71. The van der Waals surface area contributed by atoms with Gasteiger partial charge in [-0.25, -0.2) is 0 Å². The van der Waals surface area contributed by atoms with Crippen LogP contribution in [0, 0.1) is 0 Å². The van der Waals surface area contributed by atoms with Crippen molar-refractivity contribution in [3.63, 3.8) is 0 Å². The maximum atomic E-state index is 11.7. The first kappa shape index (κ1) is 25.2. The third kappa shape index (κ3) is 15.1. The molecule has 0 aromatic rings. The maximum Gasteiger partial charge on any atom is 0.219 e. The molecule has 1 rings (SSSR count). The van der Waals surface area contributed by atoms with Crippen LogP contribution in [-0.2, 0) is 9.53 Å². The lowest BCUT2D eigenvalue weighted by Crippen LogP contribution is -2.23. The van der Waals surface area contributed by atoms with E-state index in [0.29, 0.717) is 18.6 Å². The summed E-state index contributed by atoms with van der Waals surface area (Å²) < 4.78 is 5.75. The molecule has 0 aromatic heterocycles. The van der Waals surface area contributed by atoms with Gasteiger partial charge in [0.05, 0.1) is 12.2 Å². The zero-order valence-electron chi connectivity index (χ0n) is 18.9. The number of unbranched alkanes of at least 4 members (excludes halogenated alkanes) is 11. The highest BCUT2D eigenvalue weighted by molar-refractivity contribution is 5.75. The second kappa shape index (κ2) is 18.2. The molecule has 1 heterocycles. The lowest BCUT2D eigenvalue weighted by atomic mass is 10.1. The fraction of sp³-hybridized carbons (Fsp3) is 0.880. The Kier molecular flexibility index (Phi) is 16.4. The minimum atomic E-state index is 0.241. The van der Waals surface area contributed by atoms with Gasteiger partial charge in [-0.1, -0.05) is 90.2 Å². The number of hydrogen-bond donors (Lipinski definition) is 1. The molecule has 3 heteroatoms. The van der Waals surface area contributed by atoms with Crippen LogP contribution < -0.4 is 5.32 Å². The molecule has 0 aromatic carbocycles. The molecule has 1 saturated heterocycles. The zero-order chi connectivity index (χ0) is 20.3. The summed E-state index contributed by atoms with van der Waals surface area (Å²) in [4.78, 5) is 11.7. The van der Waals surface area contributed by atoms with Crippen LogP contribution in [0.25, 0.3) is 0 Å². The van der Waals surface area contributed by atoms with Crippen LogP contribution in [0.3, 0.4) is 0 Å². The molecular formula is C25H47NO2. The minimum absolute atomic E-state index is 0.241. The van der Waals surface area contributed by atoms with E-state index >= 15 is 0 Å². The Morgan fingerprint density at radius 1 is 0.786 bits per heavy atom. The summed E-state index contributed by atoms with van der Waals surface area (Å²) in [5, 5.41) is 3.04. The van der Waals surface area contributed by atoms with Gasteiger partial charge in [-0.2, -0.15) is 0 Å². The average molecular weight is 394 g/mol. The molecule has 2 atom stereocenters. The van der Waals surface area contributed by atoms with E-state index in [1.807, 2.05) is 0 Å². The van der Waals surface area contributed by atoms with Gasteiger partial charge in [0.2, 0.25) is 5.91 Å². The first-order chi connectivity index (χ1) is 13.8. The van der Waals surface area contributed by atoms with Crippen LogP contribution >= 0.6 is 0 Å². The van der Waals surface area contributed by atoms with Crippen molar-refractivity contribution < 1.29 is 9.53 Å². The zero-order valence-corrected chi connectivity index (χ0v) is 18.9. The molecule has 0 spiro atoms. The number of ether oxygens (including phenoxy) is 1. The highest BCUT2D eigenvalue weighted by atomic mass is 16.6. The Hall–Kier alpha value is -0.830. The van der Waals surface area contributed by atoms with Gasteiger partial charge in [0.1, 0.15) is 0 Å². The minimum Gasteiger partial charge on any atom is -0.369 e. The Bertz CT molecular complexity index is 394. The molecule has 1 aliphatic heterocycles. The van der Waals surface area contributed by atoms with E-state index in [4.69, 9.17) is 4.74 Å². The fourth-order valence-electron chi connectivity index (χ4n) is 3.71. The van der Waals surface area contributed by atoms with Crippen LogP contribution in [-0.4, -0.2) is 24.7 Å². The monoisotopic (exact) mass is 393 g/mol. The molecule has 3 nitrogen and oxygen atoms in total. The standard InChI is InChI=1S/C25H47NO2/c1-3-5-7-15-19-23-24(28-23)20-16-13-11-9-10-12-14-17-21-25(27)26-22-18-8-6-4-2/h13,16,23-24H,3-12,14-15,17-22H2,1-2H3,(H,26,27)/b16-13-/t23-,24+/m1/s1. The molecule has 1 aliphatic rings. The van der Waals surface area contributed by atoms with Crippen LogP contribution in [0.2, 0.25) is 0 Å². The molecule has 0 saturated carbocycles. The Morgan fingerprint density at radius 2 is 1.46 bits per heavy atom. The van der Waals surface area contributed by atoms with Crippen molar-refractivity contribution in [2.45, 2.75) is 135 Å². The van der Waals surface area contributed by atoms with Crippen LogP contribution in [0.1, 0.15) is 123 Å². The summed E-state index contributed by atoms with van der Waals surface area (Å²) >= 11 is 0. The smallest absolute Gasteiger partial charge is 0.219 e. The van der Waals surface area contributed by atoms with Gasteiger partial charge in [0, 0.05) is 13.0 Å². The van der Waals surface area contributed by atoms with Crippen LogP contribution in [0.5, 0.6) is 0 Å². The number of carbonyl (C=O) groups is 1. The van der Waals surface area contributed by atoms with Crippen molar-refractivity contribution in [2.75, 3.05) is 6.54 Å². The van der Waals surface area contributed by atoms with Gasteiger partial charge in [-0.3, -0.25) is 4.79 Å². The Morgan fingerprint density at radius 3 is 2.25 bits per heavy atom. The third-order valence-electron chi connectivity index (χ3n) is 5.69. The summed E-state index contributed by atoms with van der Waals surface area (Å²) in [6, 6.07) is 0. The van der Waals surface area contributed by atoms with E-state index in [1.54, 1.807) is 0 Å². The Labute approximate surface area is 175 Å². The number of carbonyl (C=O) groups excluding carboxylic acids is 1. The second-order valence-electron chi connectivity index (χ2n) is 8.49. The molecule has 0 aliphatic carbocycles. The van der Waals surface area contributed by atoms with E-state index < -0.39 is 0 Å². The maximum absolute atomic E-state index is 11.7. The van der Waals surface area contributed by atoms with E-state index in [-0.39, 0.29) is 5.91 Å². The van der Waals surface area contributed by atoms with E-state index in [0.717, 1.165) is 25.8 Å². The van der Waals surface area contributed by atoms with Crippen molar-refractivity contribution in [1.29, 1.82) is 0 Å². The molecule has 0 radical (unpaired) electrons. The number of rotatable bonds is 20. The molecule has 28 heavy (non-hydrogen) atoms. The molecule has 1 amide bonds. The summed E-state index contributed by atoms with van der Waals surface area (Å²) in [5.41, 5.74) is 0. The lowest BCUT2D eigenvalue weighted by molar-refractivity contribution is -0.121. The van der Waals surface area contributed by atoms with Gasteiger partial charge in [-0.05, 0) is 38.5 Å². The summed E-state index contributed by atoms with van der Waals surface area (Å²) in [6.45, 7) is 5.33. The van der Waals surface area contributed by atoms with Crippen molar-refractivity contribution in [3.05, 3.63) is 12.2 Å². The van der Waals surface area contributed by atoms with Gasteiger partial charge in [-0.15, -0.1) is 0 Å². The highest BCUT2D eigenvalue weighted by Gasteiger charge is 2.36. The molecular weight excluding hydrogens is 346 g/mol. The van der Waals surface area contributed by atoms with E-state index in [2.05, 4.69) is 31.3 Å². The highest BCUT2D eigenvalue weighted by Crippen LogP contribution is 2.30. The molecule has 164 valence electrons. The average Bonchev–Trinajstić information content (AvgIpc) is 3.44. The van der Waals surface area contributed by atoms with Gasteiger partial charge < -0.3 is 10.1 Å². The van der Waals surface area contributed by atoms with Crippen LogP contribution in [0.15, 0.2) is 12.2 Å². The van der Waals surface area contributed by atoms with Gasteiger partial charge in [0.25, 0.3) is 0 Å². The molecule has 1 N–H and O–H groups in total. The molecule has 0 unspecified atom stereocenters. The second-order valence-corrected chi connectivity index (χ2v) is 8.49. The van der Waals surface area contributed by atoms with Crippen molar-refractivity contribution >= 4 is 5.91 Å². The van der Waals surface area contributed by atoms with E-state index in [1.165, 1.54) is 83.5 Å². The number of epoxide rings is 1. The van der Waals surface area contributed by atoms with Crippen LogP contribution in [0.4, 0.5) is 0 Å². The summed E-state index contributed by atoms with van der Waals surface area (Å²) in [6.07, 6.45) is 26.3. The number of nitrogens with one attached hydrogen (secondary N) is 1. The predicted octanol–water partition coefficient (Wildman–Crippen LogP) is 7.10. The predicted molar refractivity (Wildman–Crippen MR) is 121 cm³/mol. The number of hydrogen-bond acceptors (Lipinski definition) is 2. The summed E-state index contributed by atoms with van der Waals surface area (Å²) in [7, 11) is 0. The van der Waals surface area contributed by atoms with E-state index in [9.17, 15) is 4.79 Å². The largest absolute Gasteiger partial charge is 0.369 e. The third-order valence-corrected chi connectivity index (χ3v) is 5.69. The Balaban J connectivity index is 1.78. The summed E-state index contributed by atoms with van der Waals surface area (Å²) in [5.74, 6) is 0.241. The number of amides is 1. The van der Waals surface area contributed by atoms with Crippen molar-refractivity contribution in [1.82, 2.24) is 5.32 Å². The van der Waals surface area contributed by atoms with Crippen molar-refractivity contribution in [2.24, 2.45) is 0 Å². The van der Waals surface area contributed by atoms with Crippen molar-refractivity contribution in [3.8, 4) is 0 Å². The van der Waals surface area contributed by atoms with Gasteiger partial charge >= 0.3 is 0 Å². The normalized spacial score (nSPS) is 18.6. The topological polar surface area (TPSA) is 41.6 Å². The first-order valence-electron chi connectivity index (χ1n) is 12.3.